The van der Waals surface area contributed by atoms with Crippen molar-refractivity contribution in [2.45, 2.75) is 26.7 Å². The Kier molecular flexibility index (Phi) is 4.20. The fourth-order valence-electron chi connectivity index (χ4n) is 1.72. The average molecular weight is 262 g/mol. The molecule has 1 heterocycles. The van der Waals surface area contributed by atoms with Gasteiger partial charge in [0.2, 0.25) is 0 Å². The summed E-state index contributed by atoms with van der Waals surface area (Å²) >= 11 is 1.46. The minimum absolute atomic E-state index is 0.603. The van der Waals surface area contributed by atoms with E-state index in [1.807, 2.05) is 17.5 Å². The van der Waals surface area contributed by atoms with E-state index in [0.29, 0.717) is 5.13 Å². The number of anilines is 1. The van der Waals surface area contributed by atoms with Gasteiger partial charge in [-0.2, -0.15) is 0 Å². The smallest absolute Gasteiger partial charge is 0.180 e. The number of rotatable bonds is 5. The molecule has 0 aliphatic heterocycles. The first kappa shape index (κ1) is 12.9. The summed E-state index contributed by atoms with van der Waals surface area (Å²) in [4.78, 5) is 4.28. The third-order valence-corrected chi connectivity index (χ3v) is 3.42. The van der Waals surface area contributed by atoms with Gasteiger partial charge in [-0.25, -0.2) is 4.98 Å². The van der Waals surface area contributed by atoms with Crippen molar-refractivity contribution in [2.24, 2.45) is 0 Å². The van der Waals surface area contributed by atoms with Gasteiger partial charge in [-0.15, -0.1) is 11.3 Å². The molecule has 3 nitrogen and oxygen atoms in total. The van der Waals surface area contributed by atoms with Crippen LogP contribution in [0, 0.1) is 6.92 Å². The quantitative estimate of drug-likeness (QED) is 0.832. The number of aromatic nitrogens is 1. The van der Waals surface area contributed by atoms with Crippen LogP contribution in [0.4, 0.5) is 5.13 Å². The van der Waals surface area contributed by atoms with E-state index in [4.69, 9.17) is 10.5 Å². The molecule has 0 spiro atoms. The van der Waals surface area contributed by atoms with E-state index in [1.165, 1.54) is 11.3 Å². The fourth-order valence-corrected chi connectivity index (χ4v) is 2.29. The van der Waals surface area contributed by atoms with E-state index >= 15 is 0 Å². The molecular weight excluding hydrogens is 244 g/mol. The molecule has 0 amide bonds. The van der Waals surface area contributed by atoms with Crippen molar-refractivity contribution in [1.29, 1.82) is 0 Å². The minimum Gasteiger partial charge on any atom is -0.493 e. The Bertz CT molecular complexity index is 522. The van der Waals surface area contributed by atoms with Crippen molar-refractivity contribution in [3.05, 3.63) is 29.1 Å². The third kappa shape index (κ3) is 3.01. The number of ether oxygens (including phenoxy) is 1. The molecule has 0 radical (unpaired) electrons. The van der Waals surface area contributed by atoms with Gasteiger partial charge in [0.1, 0.15) is 5.75 Å². The molecule has 96 valence electrons. The molecule has 0 saturated carbocycles. The zero-order valence-corrected chi connectivity index (χ0v) is 11.6. The fraction of sp³-hybridized carbons (Fsp3) is 0.357. The predicted molar refractivity (Wildman–Crippen MR) is 77.1 cm³/mol. The highest BCUT2D eigenvalue weighted by molar-refractivity contribution is 7.13. The summed E-state index contributed by atoms with van der Waals surface area (Å²) in [7, 11) is 0. The highest BCUT2D eigenvalue weighted by Gasteiger charge is 2.06. The molecule has 18 heavy (non-hydrogen) atoms. The van der Waals surface area contributed by atoms with Gasteiger partial charge in [-0.3, -0.25) is 0 Å². The molecule has 2 rings (SSSR count). The average Bonchev–Trinajstić information content (AvgIpc) is 2.78. The van der Waals surface area contributed by atoms with Crippen LogP contribution in [0.25, 0.3) is 11.3 Å². The molecule has 0 aliphatic rings. The number of thiazole rings is 1. The van der Waals surface area contributed by atoms with Gasteiger partial charge in [-0.05, 0) is 37.1 Å². The monoisotopic (exact) mass is 262 g/mol. The summed E-state index contributed by atoms with van der Waals surface area (Å²) in [5.74, 6) is 0.954. The molecule has 0 aliphatic carbocycles. The van der Waals surface area contributed by atoms with Crippen molar-refractivity contribution in [3.63, 3.8) is 0 Å². The summed E-state index contributed by atoms with van der Waals surface area (Å²) in [6.45, 7) is 4.99. The summed E-state index contributed by atoms with van der Waals surface area (Å²) in [5.41, 5.74) is 8.80. The van der Waals surface area contributed by atoms with E-state index in [-0.39, 0.29) is 0 Å². The summed E-state index contributed by atoms with van der Waals surface area (Å²) in [6, 6.07) is 6.13. The van der Waals surface area contributed by atoms with Crippen LogP contribution < -0.4 is 10.5 Å². The number of hydrogen-bond acceptors (Lipinski definition) is 4. The SMILES string of the molecule is CCCCOc1ccc(-c2csc(N)n2)cc1C. The summed E-state index contributed by atoms with van der Waals surface area (Å²) < 4.78 is 5.73. The Balaban J connectivity index is 2.14. The highest BCUT2D eigenvalue weighted by atomic mass is 32.1. The number of nitrogens with zero attached hydrogens (tertiary/aromatic N) is 1. The van der Waals surface area contributed by atoms with Gasteiger partial charge in [0.25, 0.3) is 0 Å². The molecule has 1 aromatic carbocycles. The van der Waals surface area contributed by atoms with Crippen LogP contribution in [-0.2, 0) is 0 Å². The molecule has 2 aromatic rings. The zero-order valence-electron chi connectivity index (χ0n) is 10.8. The van der Waals surface area contributed by atoms with Crippen LogP contribution in [0.1, 0.15) is 25.3 Å². The van der Waals surface area contributed by atoms with Crippen molar-refractivity contribution in [3.8, 4) is 17.0 Å². The van der Waals surface area contributed by atoms with Gasteiger partial charge in [0.05, 0.1) is 12.3 Å². The van der Waals surface area contributed by atoms with Crippen molar-refractivity contribution in [1.82, 2.24) is 4.98 Å². The molecule has 4 heteroatoms. The van der Waals surface area contributed by atoms with Gasteiger partial charge < -0.3 is 10.5 Å². The predicted octanol–water partition coefficient (Wildman–Crippen LogP) is 3.88. The van der Waals surface area contributed by atoms with Crippen LogP contribution in [0.2, 0.25) is 0 Å². The van der Waals surface area contributed by atoms with Crippen molar-refractivity contribution in [2.75, 3.05) is 12.3 Å². The van der Waals surface area contributed by atoms with E-state index < -0.39 is 0 Å². The molecule has 0 fully saturated rings. The maximum atomic E-state index is 5.73. The highest BCUT2D eigenvalue weighted by Crippen LogP contribution is 2.27. The van der Waals surface area contributed by atoms with Crippen LogP contribution in [-0.4, -0.2) is 11.6 Å². The van der Waals surface area contributed by atoms with Gasteiger partial charge in [0.15, 0.2) is 5.13 Å². The van der Waals surface area contributed by atoms with Gasteiger partial charge >= 0.3 is 0 Å². The molecule has 0 unspecified atom stereocenters. The lowest BCUT2D eigenvalue weighted by atomic mass is 10.1. The Morgan fingerprint density at radius 2 is 2.22 bits per heavy atom. The first-order chi connectivity index (χ1) is 8.70. The number of unbranched alkanes of at least 4 members (excludes halogenated alkanes) is 1. The normalized spacial score (nSPS) is 10.6. The second-order valence-electron chi connectivity index (χ2n) is 4.25. The molecule has 1 aromatic heterocycles. The standard InChI is InChI=1S/C14H18N2OS/c1-3-4-7-17-13-6-5-11(8-10(13)2)12-9-18-14(15)16-12/h5-6,8-9H,3-4,7H2,1-2H3,(H2,15,16). The molecule has 0 bridgehead atoms. The molecule has 0 atom stereocenters. The van der Waals surface area contributed by atoms with Gasteiger partial charge in [0, 0.05) is 10.9 Å². The second kappa shape index (κ2) is 5.87. The number of benzene rings is 1. The molecule has 0 saturated heterocycles. The number of nitrogen functional groups attached to an aromatic ring is 1. The zero-order chi connectivity index (χ0) is 13.0. The molecular formula is C14H18N2OS. The largest absolute Gasteiger partial charge is 0.493 e. The first-order valence-corrected chi connectivity index (χ1v) is 7.03. The van der Waals surface area contributed by atoms with E-state index in [2.05, 4.69) is 24.9 Å². The first-order valence-electron chi connectivity index (χ1n) is 6.15. The van der Waals surface area contributed by atoms with Crippen molar-refractivity contribution < 1.29 is 4.74 Å². The van der Waals surface area contributed by atoms with E-state index in [0.717, 1.165) is 42.0 Å². The lowest BCUT2D eigenvalue weighted by molar-refractivity contribution is 0.307. The lowest BCUT2D eigenvalue weighted by Crippen LogP contribution is -1.98. The van der Waals surface area contributed by atoms with Gasteiger partial charge in [-0.1, -0.05) is 13.3 Å². The summed E-state index contributed by atoms with van der Waals surface area (Å²) in [6.07, 6.45) is 2.24. The minimum atomic E-state index is 0.603. The van der Waals surface area contributed by atoms with Crippen molar-refractivity contribution >= 4 is 16.5 Å². The summed E-state index contributed by atoms with van der Waals surface area (Å²) in [5, 5.41) is 2.58. The third-order valence-electron chi connectivity index (χ3n) is 2.75. The number of hydrogen-bond donors (Lipinski definition) is 1. The van der Waals surface area contributed by atoms with E-state index in [1.54, 1.807) is 0 Å². The second-order valence-corrected chi connectivity index (χ2v) is 5.14. The Hall–Kier alpha value is -1.55. The Morgan fingerprint density at radius 1 is 1.39 bits per heavy atom. The van der Waals surface area contributed by atoms with Crippen LogP contribution in [0.3, 0.4) is 0 Å². The lowest BCUT2D eigenvalue weighted by Gasteiger charge is -2.09. The topological polar surface area (TPSA) is 48.1 Å². The van der Waals surface area contributed by atoms with Crippen LogP contribution in [0.15, 0.2) is 23.6 Å². The maximum absolute atomic E-state index is 5.73. The number of nitrogens with two attached hydrogens (primary N) is 1. The van der Waals surface area contributed by atoms with E-state index in [9.17, 15) is 0 Å². The number of aryl methyl sites for hydroxylation is 1. The Morgan fingerprint density at radius 3 is 2.83 bits per heavy atom. The van der Waals surface area contributed by atoms with Crippen LogP contribution in [0.5, 0.6) is 5.75 Å². The maximum Gasteiger partial charge on any atom is 0.180 e. The Labute approximate surface area is 112 Å². The van der Waals surface area contributed by atoms with Crippen LogP contribution >= 0.6 is 11.3 Å². The molecule has 2 N–H and O–H groups in total.